The first-order chi connectivity index (χ1) is 6.59. The Morgan fingerprint density at radius 3 is 2.71 bits per heavy atom. The average Bonchev–Trinajstić information content (AvgIpc) is 2.43. The Labute approximate surface area is 81.6 Å². The lowest BCUT2D eigenvalue weighted by Crippen LogP contribution is -2.00. The molecule has 1 N–H and O–H groups in total. The van der Waals surface area contributed by atoms with E-state index in [1.165, 1.54) is 6.92 Å². The topological polar surface area (TPSA) is 42.2 Å². The molecule has 0 fully saturated rings. The van der Waals surface area contributed by atoms with Crippen molar-refractivity contribution in [1.29, 1.82) is 0 Å². The Morgan fingerprint density at radius 2 is 2.07 bits per heavy atom. The van der Waals surface area contributed by atoms with Crippen molar-refractivity contribution >= 4 is 16.7 Å². The second-order valence-corrected chi connectivity index (χ2v) is 3.39. The smallest absolute Gasteiger partial charge is 0.176 e. The Balaban J connectivity index is 2.79. The molecule has 0 aliphatic rings. The number of aromatic hydroxyl groups is 1. The second kappa shape index (κ2) is 2.87. The van der Waals surface area contributed by atoms with Crippen LogP contribution in [0.2, 0.25) is 0 Å². The molecule has 2 rings (SSSR count). The van der Waals surface area contributed by atoms with Crippen molar-refractivity contribution in [2.45, 2.75) is 6.92 Å². The van der Waals surface area contributed by atoms with Crippen molar-refractivity contribution in [2.75, 3.05) is 0 Å². The summed E-state index contributed by atoms with van der Waals surface area (Å²) in [4.78, 5) is 11.2. The van der Waals surface area contributed by atoms with Crippen LogP contribution in [0.25, 0.3) is 10.9 Å². The number of rotatable bonds is 1. The van der Waals surface area contributed by atoms with Gasteiger partial charge in [0.05, 0.1) is 5.69 Å². The number of benzene rings is 1. The third-order valence-corrected chi connectivity index (χ3v) is 2.39. The number of aromatic nitrogens is 1. The fraction of sp³-hybridized carbons (Fsp3) is 0.182. The van der Waals surface area contributed by atoms with Gasteiger partial charge in [-0.1, -0.05) is 0 Å². The maximum Gasteiger partial charge on any atom is 0.176 e. The Hall–Kier alpha value is -1.77. The molecule has 1 aromatic heterocycles. The molecule has 0 amide bonds. The summed E-state index contributed by atoms with van der Waals surface area (Å²) < 4.78 is 1.83. The maximum absolute atomic E-state index is 11.2. The van der Waals surface area contributed by atoms with E-state index in [0.29, 0.717) is 5.69 Å². The van der Waals surface area contributed by atoms with Crippen molar-refractivity contribution in [3.63, 3.8) is 0 Å². The lowest BCUT2D eigenvalue weighted by molar-refractivity contribution is 0.101. The van der Waals surface area contributed by atoms with Crippen LogP contribution in [-0.4, -0.2) is 15.5 Å². The summed E-state index contributed by atoms with van der Waals surface area (Å²) in [7, 11) is 1.84. The third kappa shape index (κ3) is 1.18. The Bertz CT molecular complexity index is 511. The van der Waals surface area contributed by atoms with Gasteiger partial charge in [0, 0.05) is 24.9 Å². The highest BCUT2D eigenvalue weighted by Crippen LogP contribution is 2.23. The lowest BCUT2D eigenvalue weighted by Gasteiger charge is -1.99. The van der Waals surface area contributed by atoms with Crippen molar-refractivity contribution in [1.82, 2.24) is 4.57 Å². The number of carbonyl (C=O) groups is 1. The summed E-state index contributed by atoms with van der Waals surface area (Å²) in [5.41, 5.74) is 1.61. The third-order valence-electron chi connectivity index (χ3n) is 2.39. The van der Waals surface area contributed by atoms with Crippen LogP contribution < -0.4 is 0 Å². The normalized spacial score (nSPS) is 10.7. The van der Waals surface area contributed by atoms with Gasteiger partial charge in [-0.3, -0.25) is 4.79 Å². The zero-order valence-corrected chi connectivity index (χ0v) is 8.11. The highest BCUT2D eigenvalue weighted by molar-refractivity contribution is 5.98. The zero-order valence-electron chi connectivity index (χ0n) is 8.11. The summed E-state index contributed by atoms with van der Waals surface area (Å²) in [6, 6.07) is 6.86. The van der Waals surface area contributed by atoms with Gasteiger partial charge in [-0.15, -0.1) is 0 Å². The van der Waals surface area contributed by atoms with Crippen LogP contribution in [0.15, 0.2) is 24.3 Å². The molecule has 1 heterocycles. The number of phenolic OH excluding ortho intramolecular Hbond substituents is 1. The summed E-state index contributed by atoms with van der Waals surface area (Å²) in [5, 5.41) is 10.2. The predicted octanol–water partition coefficient (Wildman–Crippen LogP) is 2.09. The molecule has 0 aliphatic carbocycles. The Morgan fingerprint density at radius 1 is 1.36 bits per heavy atom. The van der Waals surface area contributed by atoms with Gasteiger partial charge in [-0.2, -0.15) is 0 Å². The number of phenols is 1. The predicted molar refractivity (Wildman–Crippen MR) is 54.6 cm³/mol. The first-order valence-corrected chi connectivity index (χ1v) is 4.39. The van der Waals surface area contributed by atoms with Crippen LogP contribution in [-0.2, 0) is 7.05 Å². The lowest BCUT2D eigenvalue weighted by atomic mass is 10.2. The van der Waals surface area contributed by atoms with Crippen LogP contribution in [0.1, 0.15) is 17.4 Å². The minimum atomic E-state index is 0.0307. The molecule has 0 saturated heterocycles. The van der Waals surface area contributed by atoms with E-state index in [4.69, 9.17) is 0 Å². The monoisotopic (exact) mass is 189 g/mol. The molecule has 14 heavy (non-hydrogen) atoms. The van der Waals surface area contributed by atoms with E-state index in [-0.39, 0.29) is 11.5 Å². The fourth-order valence-corrected chi connectivity index (χ4v) is 1.67. The van der Waals surface area contributed by atoms with Crippen LogP contribution in [0, 0.1) is 0 Å². The van der Waals surface area contributed by atoms with E-state index < -0.39 is 0 Å². The van der Waals surface area contributed by atoms with Crippen LogP contribution >= 0.6 is 0 Å². The molecule has 0 atom stereocenters. The molecule has 3 heteroatoms. The standard InChI is InChI=1S/C11H11NO2/c1-7(13)11-6-8-5-9(14)3-4-10(8)12(11)2/h3-6,14H,1-2H3. The SMILES string of the molecule is CC(=O)c1cc2cc(O)ccc2n1C. The largest absolute Gasteiger partial charge is 0.508 e. The highest BCUT2D eigenvalue weighted by atomic mass is 16.3. The maximum atomic E-state index is 11.2. The quantitative estimate of drug-likeness (QED) is 0.698. The molecule has 0 bridgehead atoms. The van der Waals surface area contributed by atoms with Gasteiger partial charge in [0.2, 0.25) is 0 Å². The van der Waals surface area contributed by atoms with Gasteiger partial charge in [0.15, 0.2) is 5.78 Å². The number of fused-ring (bicyclic) bond motifs is 1. The molecule has 3 nitrogen and oxygen atoms in total. The molecule has 2 aromatic rings. The van der Waals surface area contributed by atoms with Gasteiger partial charge in [-0.25, -0.2) is 0 Å². The molecule has 1 aromatic carbocycles. The van der Waals surface area contributed by atoms with Gasteiger partial charge in [0.1, 0.15) is 5.75 Å². The minimum absolute atomic E-state index is 0.0307. The van der Waals surface area contributed by atoms with Crippen molar-refractivity contribution in [3.8, 4) is 5.75 Å². The molecule has 0 unspecified atom stereocenters. The van der Waals surface area contributed by atoms with Gasteiger partial charge >= 0.3 is 0 Å². The van der Waals surface area contributed by atoms with E-state index in [1.54, 1.807) is 24.3 Å². The Kier molecular flexibility index (Phi) is 1.81. The molecule has 0 aliphatic heterocycles. The van der Waals surface area contributed by atoms with Crippen LogP contribution in [0.3, 0.4) is 0 Å². The van der Waals surface area contributed by atoms with Crippen LogP contribution in [0.4, 0.5) is 0 Å². The number of carbonyl (C=O) groups excluding carboxylic acids is 1. The van der Waals surface area contributed by atoms with Gasteiger partial charge in [-0.05, 0) is 24.3 Å². The first-order valence-electron chi connectivity index (χ1n) is 4.39. The molecule has 0 radical (unpaired) electrons. The molecular weight excluding hydrogens is 178 g/mol. The fourth-order valence-electron chi connectivity index (χ4n) is 1.67. The number of hydrogen-bond acceptors (Lipinski definition) is 2. The van der Waals surface area contributed by atoms with E-state index in [1.807, 2.05) is 11.6 Å². The van der Waals surface area contributed by atoms with Crippen LogP contribution in [0.5, 0.6) is 5.75 Å². The van der Waals surface area contributed by atoms with Crippen molar-refractivity contribution < 1.29 is 9.90 Å². The van der Waals surface area contributed by atoms with Gasteiger partial charge < -0.3 is 9.67 Å². The average molecular weight is 189 g/mol. The molecule has 72 valence electrons. The van der Waals surface area contributed by atoms with Gasteiger partial charge in [0.25, 0.3) is 0 Å². The minimum Gasteiger partial charge on any atom is -0.508 e. The summed E-state index contributed by atoms with van der Waals surface area (Å²) >= 11 is 0. The summed E-state index contributed by atoms with van der Waals surface area (Å²) in [6.45, 7) is 1.54. The number of nitrogens with zero attached hydrogens (tertiary/aromatic N) is 1. The highest BCUT2D eigenvalue weighted by Gasteiger charge is 2.09. The van der Waals surface area contributed by atoms with E-state index in [0.717, 1.165) is 10.9 Å². The van der Waals surface area contributed by atoms with Crippen molar-refractivity contribution in [3.05, 3.63) is 30.0 Å². The van der Waals surface area contributed by atoms with E-state index >= 15 is 0 Å². The molecular formula is C11H11NO2. The molecule has 0 spiro atoms. The number of Topliss-reactive ketones (excluding diaryl/α,β-unsaturated/α-hetero) is 1. The number of ketones is 1. The summed E-state index contributed by atoms with van der Waals surface area (Å²) in [5.74, 6) is 0.251. The molecule has 0 saturated carbocycles. The summed E-state index contributed by atoms with van der Waals surface area (Å²) in [6.07, 6.45) is 0. The van der Waals surface area contributed by atoms with E-state index in [2.05, 4.69) is 0 Å². The first kappa shape index (κ1) is 8.81. The number of aryl methyl sites for hydroxylation is 1. The number of hydrogen-bond donors (Lipinski definition) is 1. The van der Waals surface area contributed by atoms with E-state index in [9.17, 15) is 9.90 Å². The zero-order chi connectivity index (χ0) is 10.3. The van der Waals surface area contributed by atoms with Crippen molar-refractivity contribution in [2.24, 2.45) is 7.05 Å². The second-order valence-electron chi connectivity index (χ2n) is 3.39.